The number of carbonyl (C=O) groups is 1. The Kier molecular flexibility index (Phi) is 16.0. The number of aliphatic hydroxyl groups is 3. The van der Waals surface area contributed by atoms with Crippen molar-refractivity contribution in [1.29, 1.82) is 0 Å². The first-order valence-electron chi connectivity index (χ1n) is 5.37. The van der Waals surface area contributed by atoms with Gasteiger partial charge in [0.15, 0.2) is 0 Å². The van der Waals surface area contributed by atoms with E-state index >= 15 is 0 Å². The predicted octanol–water partition coefficient (Wildman–Crippen LogP) is -0.658. The van der Waals surface area contributed by atoms with Gasteiger partial charge in [-0.1, -0.05) is 13.5 Å². The van der Waals surface area contributed by atoms with Gasteiger partial charge in [0.2, 0.25) is 0 Å². The lowest BCUT2D eigenvalue weighted by molar-refractivity contribution is -0.131. The molecule has 0 atom stereocenters. The standard InChI is InChI=1S/C6H14O3.C3H4O2.CH5O4P/c1-2-6(3-7,4-8)5-9;1-2-3(4)5;1-5-6(2,3)4/h7-9H,2-5H2,1H3;2H,1H2,(H,4,5);1H3,(H2,2,3,4). The fraction of sp³-hybridized carbons (Fsp3) is 0.700. The predicted molar refractivity (Wildman–Crippen MR) is 70.9 cm³/mol. The molecule has 6 N–H and O–H groups in total. The zero-order chi connectivity index (χ0) is 16.8. The van der Waals surface area contributed by atoms with Crippen LogP contribution in [-0.4, -0.2) is 63.1 Å². The molecule has 0 fully saturated rings. The summed E-state index contributed by atoms with van der Waals surface area (Å²) in [4.78, 5) is 24.7. The van der Waals surface area contributed by atoms with E-state index in [0.29, 0.717) is 6.42 Å². The Bertz CT molecular complexity index is 278. The summed E-state index contributed by atoms with van der Waals surface area (Å²) < 4.78 is 13.1. The maximum absolute atomic E-state index is 9.47. The largest absolute Gasteiger partial charge is 0.478 e. The number of carboxylic acids is 1. The van der Waals surface area contributed by atoms with Crippen LogP contribution in [-0.2, 0) is 13.9 Å². The van der Waals surface area contributed by atoms with E-state index in [0.717, 1.165) is 13.2 Å². The molecule has 20 heavy (non-hydrogen) atoms. The van der Waals surface area contributed by atoms with E-state index in [-0.39, 0.29) is 19.8 Å². The summed E-state index contributed by atoms with van der Waals surface area (Å²) >= 11 is 0. The number of rotatable bonds is 6. The minimum Gasteiger partial charge on any atom is -0.478 e. The van der Waals surface area contributed by atoms with Crippen molar-refractivity contribution in [2.45, 2.75) is 13.3 Å². The highest BCUT2D eigenvalue weighted by atomic mass is 31.2. The van der Waals surface area contributed by atoms with E-state index in [1.807, 2.05) is 6.92 Å². The molecule has 9 nitrogen and oxygen atoms in total. The zero-order valence-electron chi connectivity index (χ0n) is 11.5. The lowest BCUT2D eigenvalue weighted by atomic mass is 9.88. The number of phosphoric ester groups is 1. The van der Waals surface area contributed by atoms with Gasteiger partial charge in [-0.25, -0.2) is 9.36 Å². The van der Waals surface area contributed by atoms with Crippen molar-refractivity contribution in [3.05, 3.63) is 12.7 Å². The van der Waals surface area contributed by atoms with E-state index in [1.165, 1.54) is 0 Å². The molecule has 0 saturated heterocycles. The average Bonchev–Trinajstić information content (AvgIpc) is 2.42. The molecule has 122 valence electrons. The van der Waals surface area contributed by atoms with Crippen molar-refractivity contribution in [2.24, 2.45) is 5.41 Å². The molecule has 0 aromatic carbocycles. The number of carboxylic acid groups (broad SMARTS) is 1. The summed E-state index contributed by atoms with van der Waals surface area (Å²) in [5.41, 5.74) is -0.667. The van der Waals surface area contributed by atoms with Crippen molar-refractivity contribution in [3.8, 4) is 0 Å². The van der Waals surface area contributed by atoms with Gasteiger partial charge in [0.1, 0.15) is 0 Å². The summed E-state index contributed by atoms with van der Waals surface area (Å²) in [5.74, 6) is -0.981. The third-order valence-electron chi connectivity index (χ3n) is 2.17. The van der Waals surface area contributed by atoms with Crippen molar-refractivity contribution in [2.75, 3.05) is 26.9 Å². The van der Waals surface area contributed by atoms with Crippen LogP contribution in [0.4, 0.5) is 0 Å². The second-order valence-corrected chi connectivity index (χ2v) is 4.89. The SMILES string of the molecule is C=CC(=O)O.CCC(CO)(CO)CO.COP(=O)(O)O. The van der Waals surface area contributed by atoms with Crippen LogP contribution in [0.25, 0.3) is 0 Å². The van der Waals surface area contributed by atoms with Gasteiger partial charge < -0.3 is 30.2 Å². The van der Waals surface area contributed by atoms with Crippen LogP contribution < -0.4 is 0 Å². The van der Waals surface area contributed by atoms with E-state index < -0.39 is 19.2 Å². The monoisotopic (exact) mass is 318 g/mol. The lowest BCUT2D eigenvalue weighted by Crippen LogP contribution is -2.32. The molecule has 0 unspecified atom stereocenters. The summed E-state index contributed by atoms with van der Waals surface area (Å²) in [6.07, 6.45) is 1.43. The van der Waals surface area contributed by atoms with Crippen molar-refractivity contribution in [1.82, 2.24) is 0 Å². The Morgan fingerprint density at radius 3 is 1.50 bits per heavy atom. The van der Waals surface area contributed by atoms with Gasteiger partial charge in [-0.15, -0.1) is 0 Å². The molecule has 0 aromatic heterocycles. The van der Waals surface area contributed by atoms with Gasteiger partial charge in [-0.3, -0.25) is 4.52 Å². The fourth-order valence-electron chi connectivity index (χ4n) is 0.485. The van der Waals surface area contributed by atoms with Gasteiger partial charge in [0, 0.05) is 18.6 Å². The molecule has 0 spiro atoms. The third kappa shape index (κ3) is 17.2. The first-order valence-corrected chi connectivity index (χ1v) is 6.90. The number of phosphoric acid groups is 1. The molecule has 0 bridgehead atoms. The van der Waals surface area contributed by atoms with Crippen molar-refractivity contribution >= 4 is 13.8 Å². The van der Waals surface area contributed by atoms with Gasteiger partial charge in [-0.2, -0.15) is 0 Å². The molecule has 0 amide bonds. The Hall–Kier alpha value is -0.800. The molecule has 0 aliphatic carbocycles. The molecular weight excluding hydrogens is 295 g/mol. The van der Waals surface area contributed by atoms with Gasteiger partial charge in [-0.05, 0) is 6.42 Å². The van der Waals surface area contributed by atoms with Crippen LogP contribution in [0, 0.1) is 5.41 Å². The van der Waals surface area contributed by atoms with Crippen LogP contribution in [0.15, 0.2) is 12.7 Å². The summed E-state index contributed by atoms with van der Waals surface area (Å²) in [7, 11) is -3.20. The second-order valence-electron chi connectivity index (χ2n) is 3.54. The van der Waals surface area contributed by atoms with E-state index in [1.54, 1.807) is 0 Å². The van der Waals surface area contributed by atoms with E-state index in [2.05, 4.69) is 11.1 Å². The Labute approximate surface area is 117 Å². The molecular formula is C10H23O9P. The van der Waals surface area contributed by atoms with Gasteiger partial charge >= 0.3 is 13.8 Å². The van der Waals surface area contributed by atoms with E-state index in [9.17, 15) is 9.36 Å². The maximum Gasteiger partial charge on any atom is 0.469 e. The number of aliphatic carboxylic acids is 1. The van der Waals surface area contributed by atoms with Gasteiger partial charge in [0.25, 0.3) is 0 Å². The summed E-state index contributed by atoms with van der Waals surface area (Å²) in [6, 6.07) is 0. The average molecular weight is 318 g/mol. The molecule has 0 saturated carbocycles. The molecule has 10 heteroatoms. The quantitative estimate of drug-likeness (QED) is 0.275. The zero-order valence-corrected chi connectivity index (χ0v) is 12.4. The van der Waals surface area contributed by atoms with Gasteiger partial charge in [0.05, 0.1) is 19.8 Å². The van der Waals surface area contributed by atoms with Crippen LogP contribution in [0.1, 0.15) is 13.3 Å². The number of hydrogen-bond acceptors (Lipinski definition) is 6. The Morgan fingerprint density at radius 2 is 1.50 bits per heavy atom. The lowest BCUT2D eigenvalue weighted by Gasteiger charge is -2.24. The molecule has 0 aliphatic rings. The highest BCUT2D eigenvalue weighted by Gasteiger charge is 2.24. The Balaban J connectivity index is -0.000000230. The smallest absolute Gasteiger partial charge is 0.469 e. The first kappa shape index (κ1) is 24.2. The van der Waals surface area contributed by atoms with Crippen LogP contribution >= 0.6 is 7.82 Å². The van der Waals surface area contributed by atoms with Crippen molar-refractivity contribution < 1.29 is 44.1 Å². The van der Waals surface area contributed by atoms with Crippen LogP contribution in [0.2, 0.25) is 0 Å². The fourth-order valence-corrected chi connectivity index (χ4v) is 0.485. The van der Waals surface area contributed by atoms with E-state index in [4.69, 9.17) is 30.2 Å². The Morgan fingerprint density at radius 1 is 1.25 bits per heavy atom. The minimum absolute atomic E-state index is 0.156. The molecule has 0 rings (SSSR count). The third-order valence-corrected chi connectivity index (χ3v) is 2.64. The summed E-state index contributed by atoms with van der Waals surface area (Å²) in [5, 5.41) is 33.6. The normalized spacial score (nSPS) is 10.6. The molecule has 0 aliphatic heterocycles. The highest BCUT2D eigenvalue weighted by Crippen LogP contribution is 2.33. The van der Waals surface area contributed by atoms with Crippen LogP contribution in [0.3, 0.4) is 0 Å². The number of hydrogen-bond donors (Lipinski definition) is 6. The molecule has 0 heterocycles. The van der Waals surface area contributed by atoms with Crippen molar-refractivity contribution in [3.63, 3.8) is 0 Å². The second kappa shape index (κ2) is 13.2. The number of aliphatic hydroxyl groups excluding tert-OH is 3. The highest BCUT2D eigenvalue weighted by molar-refractivity contribution is 7.46. The molecule has 0 aromatic rings. The van der Waals surface area contributed by atoms with Crippen LogP contribution in [0.5, 0.6) is 0 Å². The topological polar surface area (TPSA) is 165 Å². The minimum atomic E-state index is -4.15. The summed E-state index contributed by atoms with van der Waals surface area (Å²) in [6.45, 7) is 4.31. The molecule has 0 radical (unpaired) electrons. The first-order chi connectivity index (χ1) is 9.07. The maximum atomic E-state index is 9.47.